The quantitative estimate of drug-likeness (QED) is 0.849. The third-order valence-electron chi connectivity index (χ3n) is 2.55. The van der Waals surface area contributed by atoms with Crippen LogP contribution in [0.4, 0.5) is 10.1 Å². The van der Waals surface area contributed by atoms with Crippen LogP contribution in [0.5, 0.6) is 5.75 Å². The predicted octanol–water partition coefficient (Wildman–Crippen LogP) is 2.86. The zero-order chi connectivity index (χ0) is 15.6. The van der Waals surface area contributed by atoms with Gasteiger partial charge in [0.05, 0.1) is 22.3 Å². The third-order valence-corrected chi connectivity index (χ3v) is 4.41. The topological polar surface area (TPSA) is 90.2 Å². The molecule has 5 nitrogen and oxygen atoms in total. The molecule has 2 rings (SSSR count). The first-order valence-electron chi connectivity index (χ1n) is 5.54. The number of sulfonamides is 1. The van der Waals surface area contributed by atoms with Gasteiger partial charge in [0.1, 0.15) is 4.90 Å². The van der Waals surface area contributed by atoms with Crippen molar-refractivity contribution < 1.29 is 17.9 Å². The first-order valence-corrected chi connectivity index (χ1v) is 7.40. The minimum Gasteiger partial charge on any atom is -0.505 e. The average Bonchev–Trinajstić information content (AvgIpc) is 2.43. The number of nitrogens with zero attached hydrogens (tertiary/aromatic N) is 1. The second-order valence-electron chi connectivity index (χ2n) is 4.03. The highest BCUT2D eigenvalue weighted by molar-refractivity contribution is 7.92. The van der Waals surface area contributed by atoms with Gasteiger partial charge in [-0.05, 0) is 30.3 Å². The van der Waals surface area contributed by atoms with E-state index in [1.54, 1.807) is 6.07 Å². The molecule has 0 bridgehead atoms. The summed E-state index contributed by atoms with van der Waals surface area (Å²) in [6.45, 7) is 0. The van der Waals surface area contributed by atoms with Gasteiger partial charge in [-0.1, -0.05) is 11.6 Å². The van der Waals surface area contributed by atoms with Crippen molar-refractivity contribution in [3.05, 3.63) is 52.8 Å². The second kappa shape index (κ2) is 5.60. The monoisotopic (exact) mass is 326 g/mol. The highest BCUT2D eigenvalue weighted by Gasteiger charge is 2.19. The summed E-state index contributed by atoms with van der Waals surface area (Å²) in [5, 5.41) is 17.8. The molecular formula is C13H8ClFN2O3S. The summed E-state index contributed by atoms with van der Waals surface area (Å²) >= 11 is 5.82. The van der Waals surface area contributed by atoms with Crippen molar-refractivity contribution in [1.82, 2.24) is 0 Å². The number of aromatic hydroxyl groups is 1. The van der Waals surface area contributed by atoms with Crippen molar-refractivity contribution in [1.29, 1.82) is 5.26 Å². The molecule has 0 radical (unpaired) electrons. The van der Waals surface area contributed by atoms with E-state index in [4.69, 9.17) is 22.0 Å². The molecule has 0 aliphatic heterocycles. The molecule has 2 aromatic rings. The standard InChI is InChI=1S/C13H8ClFN2O3S/c14-10-3-1-8(7-16)5-13(10)21(19,20)17-9-2-4-12(18)11(15)6-9/h1-6,17-18H. The molecule has 0 heterocycles. The van der Waals surface area contributed by atoms with Gasteiger partial charge in [-0.3, -0.25) is 4.72 Å². The van der Waals surface area contributed by atoms with E-state index in [0.717, 1.165) is 18.2 Å². The molecule has 0 aliphatic carbocycles. The largest absolute Gasteiger partial charge is 0.505 e. The summed E-state index contributed by atoms with van der Waals surface area (Å²) in [4.78, 5) is -0.295. The van der Waals surface area contributed by atoms with Gasteiger partial charge < -0.3 is 5.11 Å². The van der Waals surface area contributed by atoms with Crippen molar-refractivity contribution in [2.24, 2.45) is 0 Å². The Morgan fingerprint density at radius 3 is 2.57 bits per heavy atom. The summed E-state index contributed by atoms with van der Waals surface area (Å²) in [5.41, 5.74) is 0.0420. The number of halogens is 2. The Kier molecular flexibility index (Phi) is 4.02. The highest BCUT2D eigenvalue weighted by atomic mass is 35.5. The number of phenols is 1. The number of nitriles is 1. The Hall–Kier alpha value is -2.30. The van der Waals surface area contributed by atoms with Crippen LogP contribution in [0.15, 0.2) is 41.3 Å². The van der Waals surface area contributed by atoms with Crippen molar-refractivity contribution in [3.63, 3.8) is 0 Å². The van der Waals surface area contributed by atoms with Crippen molar-refractivity contribution in [2.75, 3.05) is 4.72 Å². The summed E-state index contributed by atoms with van der Waals surface area (Å²) in [7, 11) is -4.09. The van der Waals surface area contributed by atoms with E-state index < -0.39 is 21.6 Å². The van der Waals surface area contributed by atoms with E-state index in [0.29, 0.717) is 0 Å². The highest BCUT2D eigenvalue weighted by Crippen LogP contribution is 2.26. The molecule has 2 N–H and O–H groups in total. The second-order valence-corrected chi connectivity index (χ2v) is 6.09. The molecule has 108 valence electrons. The van der Waals surface area contributed by atoms with Gasteiger partial charge in [0.15, 0.2) is 11.6 Å². The van der Waals surface area contributed by atoms with Gasteiger partial charge in [0.25, 0.3) is 10.0 Å². The van der Waals surface area contributed by atoms with Crippen molar-refractivity contribution in [2.45, 2.75) is 4.90 Å². The van der Waals surface area contributed by atoms with Gasteiger partial charge in [-0.15, -0.1) is 0 Å². The van der Waals surface area contributed by atoms with Crippen LogP contribution < -0.4 is 4.72 Å². The van der Waals surface area contributed by atoms with Gasteiger partial charge in [-0.2, -0.15) is 5.26 Å². The maximum absolute atomic E-state index is 13.2. The van der Waals surface area contributed by atoms with Crippen molar-refractivity contribution >= 4 is 27.3 Å². The number of anilines is 1. The first kappa shape index (κ1) is 15.1. The van der Waals surface area contributed by atoms with Crippen LogP contribution in [0.25, 0.3) is 0 Å². The SMILES string of the molecule is N#Cc1ccc(Cl)c(S(=O)(=O)Nc2ccc(O)c(F)c2)c1. The molecule has 0 saturated heterocycles. The van der Waals surface area contributed by atoms with Gasteiger partial charge in [-0.25, -0.2) is 12.8 Å². The molecule has 0 aromatic heterocycles. The molecule has 0 amide bonds. The van der Waals surface area contributed by atoms with Crippen LogP contribution in [0, 0.1) is 17.1 Å². The molecule has 0 saturated carbocycles. The van der Waals surface area contributed by atoms with Crippen LogP contribution in [0.2, 0.25) is 5.02 Å². The van der Waals surface area contributed by atoms with Crippen LogP contribution >= 0.6 is 11.6 Å². The maximum atomic E-state index is 13.2. The summed E-state index contributed by atoms with van der Waals surface area (Å²) in [6, 6.07) is 8.61. The van der Waals surface area contributed by atoms with Crippen LogP contribution in [-0.4, -0.2) is 13.5 Å². The van der Waals surface area contributed by atoms with Crippen LogP contribution in [-0.2, 0) is 10.0 Å². The number of phenolic OH excluding ortho intramolecular Hbond substituents is 1. The first-order chi connectivity index (χ1) is 9.83. The van der Waals surface area contributed by atoms with Crippen LogP contribution in [0.3, 0.4) is 0 Å². The van der Waals surface area contributed by atoms with E-state index in [2.05, 4.69) is 4.72 Å². The summed E-state index contributed by atoms with van der Waals surface area (Å²) in [5.74, 6) is -1.56. The van der Waals surface area contributed by atoms with E-state index in [1.807, 2.05) is 0 Å². The summed E-state index contributed by atoms with van der Waals surface area (Å²) in [6.07, 6.45) is 0. The normalized spacial score (nSPS) is 10.9. The Morgan fingerprint density at radius 1 is 1.24 bits per heavy atom. The molecule has 0 atom stereocenters. The smallest absolute Gasteiger partial charge is 0.263 e. The molecular weight excluding hydrogens is 319 g/mol. The number of rotatable bonds is 3. The molecule has 2 aromatic carbocycles. The number of hydrogen-bond donors (Lipinski definition) is 2. The molecule has 0 aliphatic rings. The van der Waals surface area contributed by atoms with E-state index in [9.17, 15) is 12.8 Å². The average molecular weight is 327 g/mol. The van der Waals surface area contributed by atoms with Gasteiger partial charge in [0, 0.05) is 6.07 Å². The van der Waals surface area contributed by atoms with Crippen molar-refractivity contribution in [3.8, 4) is 11.8 Å². The lowest BCUT2D eigenvalue weighted by Crippen LogP contribution is -2.13. The molecule has 0 fully saturated rings. The number of benzene rings is 2. The zero-order valence-corrected chi connectivity index (χ0v) is 11.9. The van der Waals surface area contributed by atoms with Gasteiger partial charge in [0.2, 0.25) is 0 Å². The zero-order valence-electron chi connectivity index (χ0n) is 10.3. The minimum absolute atomic E-state index is 0.0687. The molecule has 21 heavy (non-hydrogen) atoms. The van der Waals surface area contributed by atoms with Gasteiger partial charge >= 0.3 is 0 Å². The summed E-state index contributed by atoms with van der Waals surface area (Å²) < 4.78 is 39.7. The number of hydrogen-bond acceptors (Lipinski definition) is 4. The molecule has 0 spiro atoms. The lowest BCUT2D eigenvalue weighted by molar-refractivity contribution is 0.432. The fourth-order valence-electron chi connectivity index (χ4n) is 1.56. The Labute approximate surface area is 125 Å². The van der Waals surface area contributed by atoms with E-state index in [1.165, 1.54) is 18.2 Å². The predicted molar refractivity (Wildman–Crippen MR) is 75.0 cm³/mol. The Morgan fingerprint density at radius 2 is 1.95 bits per heavy atom. The Balaban J connectivity index is 2.43. The fraction of sp³-hybridized carbons (Fsp3) is 0. The molecule has 0 unspecified atom stereocenters. The molecule has 8 heteroatoms. The number of nitrogens with one attached hydrogen (secondary N) is 1. The third kappa shape index (κ3) is 3.24. The maximum Gasteiger partial charge on any atom is 0.263 e. The van der Waals surface area contributed by atoms with Crippen LogP contribution in [0.1, 0.15) is 5.56 Å². The Bertz CT molecular complexity index is 847. The van der Waals surface area contributed by atoms with E-state index in [-0.39, 0.29) is 21.2 Å². The lowest BCUT2D eigenvalue weighted by Gasteiger charge is -2.10. The lowest BCUT2D eigenvalue weighted by atomic mass is 10.2. The fourth-order valence-corrected chi connectivity index (χ4v) is 3.14. The van der Waals surface area contributed by atoms with E-state index >= 15 is 0 Å². The minimum atomic E-state index is -4.09.